The second-order valence-electron chi connectivity index (χ2n) is 4.90. The number of carbonyl (C=O) groups excluding carboxylic acids is 1. The predicted octanol–water partition coefficient (Wildman–Crippen LogP) is 3.71. The predicted molar refractivity (Wildman–Crippen MR) is 95.6 cm³/mol. The molecule has 0 radical (unpaired) electrons. The van der Waals surface area contributed by atoms with Gasteiger partial charge >= 0.3 is 5.97 Å². The molecule has 0 aromatic heterocycles. The first-order valence-electron chi connectivity index (χ1n) is 7.19. The van der Waals surface area contributed by atoms with Gasteiger partial charge in [0.05, 0.1) is 30.5 Å². The molecule has 1 amide bonds. The van der Waals surface area contributed by atoms with E-state index in [1.165, 1.54) is 38.5 Å². The molecular weight excluding hydrogens is 346 g/mol. The quantitative estimate of drug-likeness (QED) is 0.766. The number of carboxylic acid groups (broad SMARTS) is 1. The largest absolute Gasteiger partial charge is 0.493 e. The van der Waals surface area contributed by atoms with Crippen LogP contribution in [-0.4, -0.2) is 31.2 Å². The summed E-state index contributed by atoms with van der Waals surface area (Å²) in [4.78, 5) is 23.3. The van der Waals surface area contributed by atoms with Crippen LogP contribution in [0.5, 0.6) is 11.5 Å². The molecular formula is C18H16ClNO5. The van der Waals surface area contributed by atoms with E-state index in [1.807, 2.05) is 0 Å². The molecule has 130 valence electrons. The third-order valence-electron chi connectivity index (χ3n) is 3.33. The van der Waals surface area contributed by atoms with Crippen molar-refractivity contribution in [3.63, 3.8) is 0 Å². The molecule has 7 heteroatoms. The molecule has 0 bridgehead atoms. The maximum absolute atomic E-state index is 12.1. The Morgan fingerprint density at radius 2 is 1.84 bits per heavy atom. The lowest BCUT2D eigenvalue weighted by atomic mass is 10.1. The molecule has 0 saturated carbocycles. The lowest BCUT2D eigenvalue weighted by molar-refractivity contribution is -0.111. The van der Waals surface area contributed by atoms with Gasteiger partial charge in [0, 0.05) is 6.08 Å². The topological polar surface area (TPSA) is 84.9 Å². The average molecular weight is 362 g/mol. The van der Waals surface area contributed by atoms with Crippen LogP contribution in [0.3, 0.4) is 0 Å². The zero-order chi connectivity index (χ0) is 18.4. The number of carbonyl (C=O) groups is 2. The number of hydrogen-bond acceptors (Lipinski definition) is 4. The first kappa shape index (κ1) is 18.4. The van der Waals surface area contributed by atoms with E-state index in [1.54, 1.807) is 24.3 Å². The second-order valence-corrected chi connectivity index (χ2v) is 5.31. The highest BCUT2D eigenvalue weighted by molar-refractivity contribution is 6.34. The molecule has 0 saturated heterocycles. The molecule has 0 heterocycles. The Balaban J connectivity index is 2.18. The van der Waals surface area contributed by atoms with Crippen molar-refractivity contribution >= 4 is 35.2 Å². The van der Waals surface area contributed by atoms with Crippen LogP contribution < -0.4 is 14.8 Å². The Kier molecular flexibility index (Phi) is 6.03. The number of methoxy groups -OCH3 is 2. The van der Waals surface area contributed by atoms with E-state index in [2.05, 4.69) is 5.32 Å². The Labute approximate surface area is 149 Å². The molecule has 0 atom stereocenters. The number of para-hydroxylation sites is 1. The summed E-state index contributed by atoms with van der Waals surface area (Å²) in [5.74, 6) is -0.581. The number of halogens is 1. The molecule has 0 aliphatic carbocycles. The van der Waals surface area contributed by atoms with Crippen LogP contribution in [0.15, 0.2) is 42.5 Å². The van der Waals surface area contributed by atoms with E-state index >= 15 is 0 Å². The molecule has 0 fully saturated rings. The van der Waals surface area contributed by atoms with Gasteiger partial charge in [-0.15, -0.1) is 0 Å². The standard InChI is InChI=1S/C18H16ClNO5/c1-24-14-8-6-11(10-15(14)25-2)7-9-16(21)20-17-12(18(22)23)4-3-5-13(17)19/h3-10H,1-2H3,(H,20,21)(H,22,23). The van der Waals surface area contributed by atoms with Gasteiger partial charge in [-0.1, -0.05) is 23.7 Å². The van der Waals surface area contributed by atoms with Crippen molar-refractivity contribution in [3.8, 4) is 11.5 Å². The summed E-state index contributed by atoms with van der Waals surface area (Å²) in [7, 11) is 3.05. The average Bonchev–Trinajstić information content (AvgIpc) is 2.61. The van der Waals surface area contributed by atoms with Gasteiger partial charge in [0.25, 0.3) is 0 Å². The monoisotopic (exact) mass is 361 g/mol. The molecule has 2 aromatic rings. The fourth-order valence-electron chi connectivity index (χ4n) is 2.12. The van der Waals surface area contributed by atoms with Crippen molar-refractivity contribution in [3.05, 3.63) is 58.6 Å². The highest BCUT2D eigenvalue weighted by atomic mass is 35.5. The Morgan fingerprint density at radius 1 is 1.12 bits per heavy atom. The number of nitrogens with one attached hydrogen (secondary N) is 1. The molecule has 0 spiro atoms. The summed E-state index contributed by atoms with van der Waals surface area (Å²) in [6.07, 6.45) is 2.84. The minimum absolute atomic E-state index is 0.0543. The highest BCUT2D eigenvalue weighted by Crippen LogP contribution is 2.28. The minimum Gasteiger partial charge on any atom is -0.493 e. The van der Waals surface area contributed by atoms with Crippen molar-refractivity contribution in [1.82, 2.24) is 0 Å². The SMILES string of the molecule is COc1ccc(C=CC(=O)Nc2c(Cl)cccc2C(=O)O)cc1OC. The lowest BCUT2D eigenvalue weighted by Gasteiger charge is -2.09. The summed E-state index contributed by atoms with van der Waals surface area (Å²) in [5.41, 5.74) is 0.685. The third kappa shape index (κ3) is 4.51. The van der Waals surface area contributed by atoms with E-state index in [0.717, 1.165) is 0 Å². The zero-order valence-electron chi connectivity index (χ0n) is 13.6. The van der Waals surface area contributed by atoms with E-state index in [4.69, 9.17) is 26.2 Å². The van der Waals surface area contributed by atoms with Gasteiger partial charge in [0.1, 0.15) is 0 Å². The number of benzene rings is 2. The van der Waals surface area contributed by atoms with Gasteiger partial charge in [-0.05, 0) is 35.9 Å². The number of aromatic carboxylic acids is 1. The normalized spacial score (nSPS) is 10.5. The first-order valence-corrected chi connectivity index (χ1v) is 7.57. The Morgan fingerprint density at radius 3 is 2.48 bits per heavy atom. The summed E-state index contributed by atoms with van der Waals surface area (Å²) >= 11 is 5.98. The van der Waals surface area contributed by atoms with Crippen LogP contribution in [0.25, 0.3) is 6.08 Å². The molecule has 25 heavy (non-hydrogen) atoms. The van der Waals surface area contributed by atoms with Crippen LogP contribution in [-0.2, 0) is 4.79 Å². The zero-order valence-corrected chi connectivity index (χ0v) is 14.3. The van der Waals surface area contributed by atoms with E-state index in [9.17, 15) is 9.59 Å². The van der Waals surface area contributed by atoms with Crippen molar-refractivity contribution in [2.45, 2.75) is 0 Å². The summed E-state index contributed by atoms with van der Waals surface area (Å²) in [6, 6.07) is 9.54. The number of amides is 1. The van der Waals surface area contributed by atoms with Gasteiger partial charge in [-0.25, -0.2) is 4.79 Å². The van der Waals surface area contributed by atoms with Crippen molar-refractivity contribution in [2.75, 3.05) is 19.5 Å². The van der Waals surface area contributed by atoms with Gasteiger partial charge in [0.15, 0.2) is 11.5 Å². The third-order valence-corrected chi connectivity index (χ3v) is 3.64. The maximum Gasteiger partial charge on any atom is 0.337 e. The van der Waals surface area contributed by atoms with Crippen molar-refractivity contribution in [1.29, 1.82) is 0 Å². The van der Waals surface area contributed by atoms with Gasteiger partial charge in [0.2, 0.25) is 5.91 Å². The highest BCUT2D eigenvalue weighted by Gasteiger charge is 2.14. The van der Waals surface area contributed by atoms with Crippen LogP contribution in [0.4, 0.5) is 5.69 Å². The second kappa shape index (κ2) is 8.21. The van der Waals surface area contributed by atoms with E-state index in [0.29, 0.717) is 17.1 Å². The number of carboxylic acids is 1. The molecule has 2 rings (SSSR count). The molecule has 2 N–H and O–H groups in total. The Hall–Kier alpha value is -2.99. The van der Waals surface area contributed by atoms with E-state index < -0.39 is 11.9 Å². The first-order chi connectivity index (χ1) is 12.0. The molecule has 0 aliphatic rings. The summed E-state index contributed by atoms with van der Waals surface area (Å²) < 4.78 is 10.3. The van der Waals surface area contributed by atoms with Crippen LogP contribution in [0.2, 0.25) is 5.02 Å². The van der Waals surface area contributed by atoms with Gasteiger partial charge in [-0.2, -0.15) is 0 Å². The van der Waals surface area contributed by atoms with Crippen LogP contribution in [0.1, 0.15) is 15.9 Å². The van der Waals surface area contributed by atoms with Crippen LogP contribution in [0, 0.1) is 0 Å². The van der Waals surface area contributed by atoms with Crippen molar-refractivity contribution in [2.24, 2.45) is 0 Å². The molecule has 0 aliphatic heterocycles. The minimum atomic E-state index is -1.18. The Bertz CT molecular complexity index is 832. The number of ether oxygens (including phenoxy) is 2. The molecule has 6 nitrogen and oxygen atoms in total. The van der Waals surface area contributed by atoms with E-state index in [-0.39, 0.29) is 16.3 Å². The maximum atomic E-state index is 12.1. The summed E-state index contributed by atoms with van der Waals surface area (Å²) in [6.45, 7) is 0. The lowest BCUT2D eigenvalue weighted by Crippen LogP contribution is -2.12. The van der Waals surface area contributed by atoms with Gasteiger partial charge in [-0.3, -0.25) is 4.79 Å². The van der Waals surface area contributed by atoms with Gasteiger partial charge < -0.3 is 19.9 Å². The number of hydrogen-bond donors (Lipinski definition) is 2. The van der Waals surface area contributed by atoms with Crippen LogP contribution >= 0.6 is 11.6 Å². The number of rotatable bonds is 6. The molecule has 2 aromatic carbocycles. The number of anilines is 1. The fraction of sp³-hybridized carbons (Fsp3) is 0.111. The smallest absolute Gasteiger partial charge is 0.337 e. The van der Waals surface area contributed by atoms with Crippen molar-refractivity contribution < 1.29 is 24.2 Å². The summed E-state index contributed by atoms with van der Waals surface area (Å²) in [5, 5.41) is 11.8. The fourth-order valence-corrected chi connectivity index (χ4v) is 2.34. The molecule has 0 unspecified atom stereocenters.